The zero-order valence-corrected chi connectivity index (χ0v) is 16.6. The Morgan fingerprint density at radius 1 is 0.724 bits per heavy atom. The van der Waals surface area contributed by atoms with E-state index in [2.05, 4.69) is 60.7 Å². The molecule has 3 aromatic rings. The van der Waals surface area contributed by atoms with Crippen LogP contribution in [0.2, 0.25) is 0 Å². The van der Waals surface area contributed by atoms with Gasteiger partial charge in [0, 0.05) is 6.07 Å². The van der Waals surface area contributed by atoms with Crippen LogP contribution in [0.3, 0.4) is 0 Å². The number of hydrogen-bond acceptors (Lipinski definition) is 3. The highest BCUT2D eigenvalue weighted by Crippen LogP contribution is 2.49. The molecule has 5 rings (SSSR count). The van der Waals surface area contributed by atoms with E-state index in [0.717, 1.165) is 11.5 Å². The highest BCUT2D eigenvalue weighted by Gasteiger charge is 2.38. The highest BCUT2D eigenvalue weighted by atomic mass is 32.2. The Balaban J connectivity index is 0.000000369. The first kappa shape index (κ1) is 20.0. The second-order valence-corrected chi connectivity index (χ2v) is 9.15. The van der Waals surface area contributed by atoms with Crippen molar-refractivity contribution in [2.75, 3.05) is 13.2 Å². The first-order chi connectivity index (χ1) is 13.9. The molecule has 0 bridgehead atoms. The van der Waals surface area contributed by atoms with Gasteiger partial charge < -0.3 is 26.7 Å². The van der Waals surface area contributed by atoms with Crippen LogP contribution in [0.1, 0.15) is 0 Å². The molecule has 0 fully saturated rings. The van der Waals surface area contributed by atoms with E-state index < -0.39 is 7.25 Å². The molecule has 0 amide bonds. The maximum atomic E-state index is 9.75. The van der Waals surface area contributed by atoms with E-state index in [1.54, 1.807) is 0 Å². The zero-order chi connectivity index (χ0) is 20.4. The average molecular weight is 438 g/mol. The quantitative estimate of drug-likeness (QED) is 0.197. The van der Waals surface area contributed by atoms with Crippen LogP contribution in [0, 0.1) is 0 Å². The molecule has 0 aliphatic carbocycles. The molecule has 0 saturated carbocycles. The fraction of sp³-hybridized carbons (Fsp3) is 0.100. The molecular weight excluding hydrogens is 423 g/mol. The third-order valence-electron chi connectivity index (χ3n) is 4.11. The number of ether oxygens (including phenoxy) is 2. The lowest BCUT2D eigenvalue weighted by Crippen LogP contribution is -2.16. The van der Waals surface area contributed by atoms with Crippen LogP contribution in [0.4, 0.5) is 17.3 Å². The van der Waals surface area contributed by atoms with Crippen LogP contribution in [0.5, 0.6) is 11.5 Å². The Bertz CT molecular complexity index is 978. The number of rotatable bonds is 1. The van der Waals surface area contributed by atoms with Crippen LogP contribution >= 0.6 is 11.8 Å². The van der Waals surface area contributed by atoms with Gasteiger partial charge in [-0.1, -0.05) is 36.0 Å². The molecule has 0 aromatic heterocycles. The summed E-state index contributed by atoms with van der Waals surface area (Å²) < 4.78 is 50.5. The van der Waals surface area contributed by atoms with Crippen LogP contribution in [0.25, 0.3) is 0 Å². The maximum Gasteiger partial charge on any atom is 0.673 e. The summed E-state index contributed by atoms with van der Waals surface area (Å²) in [5, 5.41) is 0. The Labute approximate surface area is 172 Å². The highest BCUT2D eigenvalue weighted by molar-refractivity contribution is 8.04. The number of fused-ring (bicyclic) bond motifs is 3. The van der Waals surface area contributed by atoms with Gasteiger partial charge in [0.1, 0.15) is 24.1 Å². The van der Waals surface area contributed by atoms with E-state index >= 15 is 0 Å². The van der Waals surface area contributed by atoms with Gasteiger partial charge in [-0.15, -0.1) is 0 Å². The molecule has 2 aliphatic rings. The summed E-state index contributed by atoms with van der Waals surface area (Å²) in [6, 6.07) is 23.8. The lowest BCUT2D eigenvalue weighted by atomic mass is 10.3. The minimum Gasteiger partial charge on any atom is -0.486 e. The summed E-state index contributed by atoms with van der Waals surface area (Å²) >= 11 is 1.86. The minimum absolute atomic E-state index is 0.112. The van der Waals surface area contributed by atoms with E-state index in [9.17, 15) is 17.3 Å². The molecule has 0 spiro atoms. The summed E-state index contributed by atoms with van der Waals surface area (Å²) in [6.07, 6.45) is 0. The topological polar surface area (TPSA) is 18.5 Å². The van der Waals surface area contributed by atoms with E-state index in [-0.39, 0.29) is 10.9 Å². The predicted molar refractivity (Wildman–Crippen MR) is 107 cm³/mol. The summed E-state index contributed by atoms with van der Waals surface area (Å²) in [7, 11) is -6.11. The van der Waals surface area contributed by atoms with Gasteiger partial charge in [0.2, 0.25) is 0 Å². The van der Waals surface area contributed by atoms with Gasteiger partial charge >= 0.3 is 7.25 Å². The van der Waals surface area contributed by atoms with Crippen LogP contribution < -0.4 is 9.47 Å². The van der Waals surface area contributed by atoms with Gasteiger partial charge in [-0.25, -0.2) is 0 Å². The van der Waals surface area contributed by atoms with E-state index in [1.807, 2.05) is 17.8 Å². The van der Waals surface area contributed by atoms with Crippen molar-refractivity contribution >= 4 is 29.9 Å². The van der Waals surface area contributed by atoms with Gasteiger partial charge in [0.05, 0.1) is 9.79 Å². The lowest BCUT2D eigenvalue weighted by Gasteiger charge is -2.21. The Kier molecular flexibility index (Phi) is 5.69. The lowest BCUT2D eigenvalue weighted by molar-refractivity contribution is 0.171. The number of hydrogen-bond donors (Lipinski definition) is 0. The molecule has 0 unspecified atom stereocenters. The van der Waals surface area contributed by atoms with Crippen molar-refractivity contribution in [1.29, 1.82) is 0 Å². The van der Waals surface area contributed by atoms with Gasteiger partial charge in [-0.3, -0.25) is 0 Å². The zero-order valence-electron chi connectivity index (χ0n) is 15.0. The molecule has 0 N–H and O–H groups in total. The molecule has 0 saturated heterocycles. The minimum atomic E-state index is -6.00. The van der Waals surface area contributed by atoms with E-state index in [1.165, 1.54) is 24.5 Å². The molecule has 2 nitrogen and oxygen atoms in total. The average Bonchev–Trinajstić information content (AvgIpc) is 2.70. The molecule has 3 aromatic carbocycles. The second kappa shape index (κ2) is 8.24. The van der Waals surface area contributed by atoms with Crippen LogP contribution in [0.15, 0.2) is 91.2 Å². The van der Waals surface area contributed by atoms with Crippen molar-refractivity contribution in [3.63, 3.8) is 0 Å². The normalized spacial score (nSPS) is 14.9. The fourth-order valence-corrected chi connectivity index (χ4v) is 6.81. The first-order valence-electron chi connectivity index (χ1n) is 8.77. The summed E-state index contributed by atoms with van der Waals surface area (Å²) in [6.45, 7) is 1.24. The smallest absolute Gasteiger partial charge is 0.486 e. The molecule has 2 aliphatic heterocycles. The summed E-state index contributed by atoms with van der Waals surface area (Å²) in [4.78, 5) is 6.74. The van der Waals surface area contributed by atoms with Gasteiger partial charge in [-0.2, -0.15) is 0 Å². The van der Waals surface area contributed by atoms with Crippen LogP contribution in [-0.4, -0.2) is 20.5 Å². The molecule has 150 valence electrons. The first-order valence-corrected chi connectivity index (χ1v) is 10.8. The Hall–Kier alpha value is -2.26. The molecule has 9 heteroatoms. The monoisotopic (exact) mass is 438 g/mol. The van der Waals surface area contributed by atoms with Crippen molar-refractivity contribution < 1.29 is 26.7 Å². The molecule has 2 heterocycles. The second-order valence-electron chi connectivity index (χ2n) is 6.10. The largest absolute Gasteiger partial charge is 0.673 e. The standard InChI is InChI=1S/C20H15O2S2.BF4/c1-3-7-19-17(5-1)23-18-6-2-4-8-20(18)24(19)14-9-10-15-16(13-14)22-12-11-21-15;2-1(3,4)5/h1-10,13H,11-12H2;/q+1;-1. The van der Waals surface area contributed by atoms with Crippen molar-refractivity contribution in [3.05, 3.63) is 66.7 Å². The number of benzene rings is 3. The maximum absolute atomic E-state index is 9.75. The molecular formula is C20H15BF4O2S2. The number of halogens is 4. The molecule has 0 radical (unpaired) electrons. The SMILES string of the molecule is F[B-](F)(F)F.c1ccc2c(c1)Sc1ccccc1[S+]2c1ccc2c(c1)OCCO2. The van der Waals surface area contributed by atoms with Gasteiger partial charge in [-0.05, 0) is 36.4 Å². The third kappa shape index (κ3) is 4.67. The van der Waals surface area contributed by atoms with E-state index in [0.29, 0.717) is 13.2 Å². The fourth-order valence-electron chi connectivity index (χ4n) is 3.05. The van der Waals surface area contributed by atoms with Gasteiger partial charge in [0.25, 0.3) is 0 Å². The van der Waals surface area contributed by atoms with Crippen molar-refractivity contribution in [3.8, 4) is 11.5 Å². The van der Waals surface area contributed by atoms with Crippen LogP contribution in [-0.2, 0) is 10.9 Å². The van der Waals surface area contributed by atoms with E-state index in [4.69, 9.17) is 9.47 Å². The molecule has 0 atom stereocenters. The Morgan fingerprint density at radius 3 is 1.83 bits per heavy atom. The molecule has 29 heavy (non-hydrogen) atoms. The predicted octanol–water partition coefficient (Wildman–Crippen LogP) is 6.32. The third-order valence-corrected chi connectivity index (χ3v) is 7.83. The van der Waals surface area contributed by atoms with Crippen molar-refractivity contribution in [2.45, 2.75) is 24.5 Å². The summed E-state index contributed by atoms with van der Waals surface area (Å²) in [5.41, 5.74) is 0. The summed E-state index contributed by atoms with van der Waals surface area (Å²) in [5.74, 6) is 1.71. The Morgan fingerprint density at radius 2 is 1.24 bits per heavy atom. The van der Waals surface area contributed by atoms with Crippen molar-refractivity contribution in [1.82, 2.24) is 0 Å². The van der Waals surface area contributed by atoms with Crippen molar-refractivity contribution in [2.24, 2.45) is 0 Å². The van der Waals surface area contributed by atoms with Gasteiger partial charge in [0.15, 0.2) is 26.2 Å².